The van der Waals surface area contributed by atoms with Crippen molar-refractivity contribution in [2.24, 2.45) is 0 Å². The molecule has 0 fully saturated rings. The zero-order valence-electron chi connectivity index (χ0n) is 14.2. The third-order valence-electron chi connectivity index (χ3n) is 3.44. The largest absolute Gasteiger partial charge is 0.494 e. The highest BCUT2D eigenvalue weighted by Crippen LogP contribution is 2.16. The van der Waals surface area contributed by atoms with Gasteiger partial charge in [0.2, 0.25) is 0 Å². The standard InChI is InChI=1S/C20H21N3O2/c1-2-25-19-10-8-18(9-11-19)23-20(24)17(14-21)15-22-13-12-16-6-4-3-5-7-16/h3-11,15,22H,2,12-13H2,1H3,(H,23,24)/b17-15-. The van der Waals surface area contributed by atoms with E-state index in [-0.39, 0.29) is 5.57 Å². The van der Waals surface area contributed by atoms with E-state index in [9.17, 15) is 4.79 Å². The van der Waals surface area contributed by atoms with Crippen LogP contribution in [0.5, 0.6) is 5.75 Å². The lowest BCUT2D eigenvalue weighted by Crippen LogP contribution is -2.18. The van der Waals surface area contributed by atoms with Crippen LogP contribution < -0.4 is 15.4 Å². The molecule has 0 saturated heterocycles. The lowest BCUT2D eigenvalue weighted by molar-refractivity contribution is -0.112. The average molecular weight is 335 g/mol. The summed E-state index contributed by atoms with van der Waals surface area (Å²) >= 11 is 0. The maximum atomic E-state index is 12.1. The molecule has 5 nitrogen and oxygen atoms in total. The summed E-state index contributed by atoms with van der Waals surface area (Å²) in [7, 11) is 0. The van der Waals surface area contributed by atoms with Gasteiger partial charge in [-0.15, -0.1) is 0 Å². The van der Waals surface area contributed by atoms with Crippen molar-refractivity contribution in [2.75, 3.05) is 18.5 Å². The first-order chi connectivity index (χ1) is 12.2. The van der Waals surface area contributed by atoms with Crippen LogP contribution in [-0.4, -0.2) is 19.1 Å². The Morgan fingerprint density at radius 2 is 1.88 bits per heavy atom. The summed E-state index contributed by atoms with van der Waals surface area (Å²) in [5, 5.41) is 14.9. The van der Waals surface area contributed by atoms with Crippen LogP contribution >= 0.6 is 0 Å². The van der Waals surface area contributed by atoms with Crippen LogP contribution in [-0.2, 0) is 11.2 Å². The minimum absolute atomic E-state index is 0.0296. The molecule has 128 valence electrons. The number of nitrogens with zero attached hydrogens (tertiary/aromatic N) is 1. The lowest BCUT2D eigenvalue weighted by Gasteiger charge is -2.07. The number of benzene rings is 2. The van der Waals surface area contributed by atoms with E-state index in [0.717, 1.165) is 12.2 Å². The van der Waals surface area contributed by atoms with Gasteiger partial charge in [-0.1, -0.05) is 30.3 Å². The molecule has 0 bridgehead atoms. The summed E-state index contributed by atoms with van der Waals surface area (Å²) in [6, 6.07) is 18.9. The van der Waals surface area contributed by atoms with Gasteiger partial charge in [0.15, 0.2) is 0 Å². The van der Waals surface area contributed by atoms with Gasteiger partial charge in [-0.3, -0.25) is 4.79 Å². The summed E-state index contributed by atoms with van der Waals surface area (Å²) in [5.74, 6) is 0.290. The molecular weight excluding hydrogens is 314 g/mol. The Hall–Kier alpha value is -3.26. The SMILES string of the molecule is CCOc1ccc(NC(=O)/C(C#N)=C\NCCc2ccccc2)cc1. The van der Waals surface area contributed by atoms with Crippen LogP contribution in [0.2, 0.25) is 0 Å². The number of rotatable bonds is 8. The predicted octanol–water partition coefficient (Wildman–Crippen LogP) is 3.26. The van der Waals surface area contributed by atoms with E-state index in [1.54, 1.807) is 24.3 Å². The van der Waals surface area contributed by atoms with Gasteiger partial charge in [0, 0.05) is 18.4 Å². The number of hydrogen-bond acceptors (Lipinski definition) is 4. The summed E-state index contributed by atoms with van der Waals surface area (Å²) in [6.07, 6.45) is 2.27. The number of anilines is 1. The molecule has 0 aliphatic heterocycles. The number of carbonyl (C=O) groups is 1. The number of ether oxygens (including phenoxy) is 1. The molecule has 1 amide bonds. The Morgan fingerprint density at radius 3 is 2.52 bits per heavy atom. The van der Waals surface area contributed by atoms with Gasteiger partial charge in [0.25, 0.3) is 5.91 Å². The van der Waals surface area contributed by atoms with Crippen molar-refractivity contribution in [1.29, 1.82) is 5.26 Å². The van der Waals surface area contributed by atoms with Crippen molar-refractivity contribution in [3.05, 3.63) is 71.9 Å². The smallest absolute Gasteiger partial charge is 0.267 e. The zero-order valence-corrected chi connectivity index (χ0v) is 14.2. The van der Waals surface area contributed by atoms with E-state index in [1.165, 1.54) is 11.8 Å². The fourth-order valence-corrected chi connectivity index (χ4v) is 2.18. The molecule has 0 heterocycles. The minimum atomic E-state index is -0.445. The number of amides is 1. The second-order valence-corrected chi connectivity index (χ2v) is 5.27. The van der Waals surface area contributed by atoms with Crippen molar-refractivity contribution in [3.8, 4) is 11.8 Å². The van der Waals surface area contributed by atoms with E-state index in [0.29, 0.717) is 18.8 Å². The third-order valence-corrected chi connectivity index (χ3v) is 3.44. The van der Waals surface area contributed by atoms with Crippen LogP contribution in [0.25, 0.3) is 0 Å². The van der Waals surface area contributed by atoms with Crippen molar-refractivity contribution < 1.29 is 9.53 Å². The summed E-state index contributed by atoms with van der Waals surface area (Å²) in [5.41, 5.74) is 1.83. The summed E-state index contributed by atoms with van der Waals surface area (Å²) < 4.78 is 5.35. The van der Waals surface area contributed by atoms with Crippen LogP contribution in [0, 0.1) is 11.3 Å². The molecular formula is C20H21N3O2. The van der Waals surface area contributed by atoms with Gasteiger partial charge in [-0.2, -0.15) is 5.26 Å². The van der Waals surface area contributed by atoms with Gasteiger partial charge >= 0.3 is 0 Å². The van der Waals surface area contributed by atoms with Crippen LogP contribution in [0.1, 0.15) is 12.5 Å². The van der Waals surface area contributed by atoms with Crippen molar-refractivity contribution in [2.45, 2.75) is 13.3 Å². The Labute approximate surface area is 147 Å². The molecule has 2 rings (SSSR count). The van der Waals surface area contributed by atoms with Crippen LogP contribution in [0.15, 0.2) is 66.4 Å². The summed E-state index contributed by atoms with van der Waals surface area (Å²) in [6.45, 7) is 3.14. The molecule has 0 aromatic heterocycles. The van der Waals surface area contributed by atoms with Gasteiger partial charge < -0.3 is 15.4 Å². The Morgan fingerprint density at radius 1 is 1.16 bits per heavy atom. The second kappa shape index (κ2) is 9.78. The van der Waals surface area contributed by atoms with Crippen molar-refractivity contribution in [1.82, 2.24) is 5.32 Å². The molecule has 25 heavy (non-hydrogen) atoms. The number of nitrogens with one attached hydrogen (secondary N) is 2. The molecule has 0 saturated carbocycles. The molecule has 0 aliphatic rings. The first-order valence-electron chi connectivity index (χ1n) is 8.14. The zero-order chi connectivity index (χ0) is 17.9. The predicted molar refractivity (Wildman–Crippen MR) is 98.1 cm³/mol. The Bertz CT molecular complexity index is 747. The quantitative estimate of drug-likeness (QED) is 0.441. The first-order valence-corrected chi connectivity index (χ1v) is 8.14. The second-order valence-electron chi connectivity index (χ2n) is 5.27. The van der Waals surface area contributed by atoms with E-state index >= 15 is 0 Å². The van der Waals surface area contributed by atoms with E-state index < -0.39 is 5.91 Å². The normalized spacial score (nSPS) is 10.6. The molecule has 0 atom stereocenters. The molecule has 2 aromatic carbocycles. The molecule has 2 N–H and O–H groups in total. The maximum Gasteiger partial charge on any atom is 0.267 e. The molecule has 2 aromatic rings. The monoisotopic (exact) mass is 335 g/mol. The highest BCUT2D eigenvalue weighted by atomic mass is 16.5. The van der Waals surface area contributed by atoms with Crippen LogP contribution in [0.3, 0.4) is 0 Å². The van der Waals surface area contributed by atoms with Gasteiger partial charge in [0.1, 0.15) is 17.4 Å². The first kappa shape index (κ1) is 18.1. The van der Waals surface area contributed by atoms with Gasteiger partial charge in [0.05, 0.1) is 6.61 Å². The minimum Gasteiger partial charge on any atom is -0.494 e. The van der Waals surface area contributed by atoms with E-state index in [2.05, 4.69) is 10.6 Å². The summed E-state index contributed by atoms with van der Waals surface area (Å²) in [4.78, 5) is 12.1. The number of carbonyl (C=O) groups excluding carboxylic acids is 1. The van der Waals surface area contributed by atoms with Crippen molar-refractivity contribution >= 4 is 11.6 Å². The van der Waals surface area contributed by atoms with E-state index in [1.807, 2.05) is 43.3 Å². The fraction of sp³-hybridized carbons (Fsp3) is 0.200. The van der Waals surface area contributed by atoms with Crippen LogP contribution in [0.4, 0.5) is 5.69 Å². The van der Waals surface area contributed by atoms with Gasteiger partial charge in [-0.25, -0.2) is 0 Å². The number of nitriles is 1. The number of hydrogen-bond donors (Lipinski definition) is 2. The van der Waals surface area contributed by atoms with E-state index in [4.69, 9.17) is 10.00 Å². The maximum absolute atomic E-state index is 12.1. The highest BCUT2D eigenvalue weighted by Gasteiger charge is 2.09. The molecule has 5 heteroatoms. The fourth-order valence-electron chi connectivity index (χ4n) is 2.18. The topological polar surface area (TPSA) is 74.1 Å². The molecule has 0 radical (unpaired) electrons. The molecule has 0 spiro atoms. The van der Waals surface area contributed by atoms with Crippen molar-refractivity contribution in [3.63, 3.8) is 0 Å². The highest BCUT2D eigenvalue weighted by molar-refractivity contribution is 6.06. The lowest BCUT2D eigenvalue weighted by atomic mass is 10.1. The average Bonchev–Trinajstić information content (AvgIpc) is 2.64. The third kappa shape index (κ3) is 6.04. The molecule has 0 aliphatic carbocycles. The Kier molecular flexibility index (Phi) is 7.08. The van der Waals surface area contributed by atoms with Gasteiger partial charge in [-0.05, 0) is 43.2 Å². The Balaban J connectivity index is 1.86. The molecule has 0 unspecified atom stereocenters.